The van der Waals surface area contributed by atoms with Gasteiger partial charge >= 0.3 is 0 Å². The maximum atomic E-state index is 6.53. The molecular formula is C32H19NO2. The summed E-state index contributed by atoms with van der Waals surface area (Å²) in [6.45, 7) is 0. The fourth-order valence-electron chi connectivity index (χ4n) is 5.40. The number of aromatic nitrogens is 1. The minimum absolute atomic E-state index is 0.889. The van der Waals surface area contributed by atoms with Gasteiger partial charge in [-0.15, -0.1) is 0 Å². The van der Waals surface area contributed by atoms with Crippen molar-refractivity contribution in [1.82, 2.24) is 4.57 Å². The second kappa shape index (κ2) is 6.87. The molecule has 0 bridgehead atoms. The molecule has 3 aromatic heterocycles. The molecule has 0 saturated heterocycles. The summed E-state index contributed by atoms with van der Waals surface area (Å²) in [4.78, 5) is 0. The third kappa shape index (κ3) is 2.61. The lowest BCUT2D eigenvalue weighted by Gasteiger charge is -2.07. The van der Waals surface area contributed by atoms with E-state index in [-0.39, 0.29) is 0 Å². The van der Waals surface area contributed by atoms with Gasteiger partial charge < -0.3 is 13.4 Å². The number of hydrogen-bond acceptors (Lipinski definition) is 2. The Morgan fingerprint density at radius 2 is 1.17 bits per heavy atom. The van der Waals surface area contributed by atoms with Crippen molar-refractivity contribution in [3.8, 4) is 16.8 Å². The van der Waals surface area contributed by atoms with Crippen molar-refractivity contribution in [3.05, 3.63) is 115 Å². The largest absolute Gasteiger partial charge is 0.456 e. The van der Waals surface area contributed by atoms with E-state index in [1.807, 2.05) is 18.2 Å². The minimum atomic E-state index is 0.889. The first kappa shape index (κ1) is 18.6. The van der Waals surface area contributed by atoms with Crippen molar-refractivity contribution >= 4 is 54.9 Å². The first-order valence-corrected chi connectivity index (χ1v) is 11.8. The molecule has 3 heteroatoms. The Hall–Kier alpha value is -4.76. The van der Waals surface area contributed by atoms with Crippen LogP contribution in [0.25, 0.3) is 71.7 Å². The third-order valence-corrected chi connectivity index (χ3v) is 7.00. The molecular weight excluding hydrogens is 430 g/mol. The van der Waals surface area contributed by atoms with E-state index in [1.165, 1.54) is 0 Å². The van der Waals surface area contributed by atoms with Gasteiger partial charge in [0, 0.05) is 27.2 Å². The molecule has 8 aromatic rings. The van der Waals surface area contributed by atoms with Gasteiger partial charge in [0.1, 0.15) is 22.3 Å². The molecule has 0 aliphatic carbocycles. The van der Waals surface area contributed by atoms with Crippen LogP contribution in [0.3, 0.4) is 0 Å². The molecule has 0 unspecified atom stereocenters. The quantitative estimate of drug-likeness (QED) is 0.263. The van der Waals surface area contributed by atoms with Gasteiger partial charge in [0.25, 0.3) is 0 Å². The van der Waals surface area contributed by atoms with Crippen molar-refractivity contribution in [2.24, 2.45) is 0 Å². The van der Waals surface area contributed by atoms with Gasteiger partial charge in [-0.3, -0.25) is 0 Å². The smallest absolute Gasteiger partial charge is 0.161 e. The van der Waals surface area contributed by atoms with Gasteiger partial charge in [0.2, 0.25) is 0 Å². The highest BCUT2D eigenvalue weighted by molar-refractivity contribution is 6.17. The van der Waals surface area contributed by atoms with E-state index in [0.717, 1.165) is 71.7 Å². The lowest BCUT2D eigenvalue weighted by molar-refractivity contribution is 0.669. The minimum Gasteiger partial charge on any atom is -0.456 e. The van der Waals surface area contributed by atoms with Crippen molar-refractivity contribution in [2.75, 3.05) is 0 Å². The molecule has 0 aliphatic rings. The molecule has 0 N–H and O–H groups in total. The molecule has 0 aliphatic heterocycles. The normalized spacial score (nSPS) is 12.0. The van der Waals surface area contributed by atoms with Crippen LogP contribution in [-0.2, 0) is 0 Å². The Balaban J connectivity index is 1.38. The lowest BCUT2D eigenvalue weighted by Crippen LogP contribution is -1.92. The molecule has 3 nitrogen and oxygen atoms in total. The lowest BCUT2D eigenvalue weighted by atomic mass is 10.0. The van der Waals surface area contributed by atoms with Gasteiger partial charge in [0.05, 0.1) is 5.52 Å². The zero-order chi connectivity index (χ0) is 22.9. The van der Waals surface area contributed by atoms with Gasteiger partial charge in [-0.25, -0.2) is 0 Å². The monoisotopic (exact) mass is 449 g/mol. The molecule has 0 fully saturated rings. The standard InChI is InChI=1S/C32H19NO2/c1-2-8-22(9-3-1)33-27-12-6-4-11-24(27)32-31(33)25-16-14-21(19-30(25)35-32)20-15-17-29-26(18-20)23-10-5-7-13-28(23)34-29/h1-19H. The topological polar surface area (TPSA) is 31.2 Å². The molecule has 0 amide bonds. The number of furan rings is 2. The molecule has 0 saturated carbocycles. The summed E-state index contributed by atoms with van der Waals surface area (Å²) in [7, 11) is 0. The summed E-state index contributed by atoms with van der Waals surface area (Å²) >= 11 is 0. The molecule has 0 radical (unpaired) electrons. The molecule has 5 aromatic carbocycles. The van der Waals surface area contributed by atoms with Crippen LogP contribution in [0, 0.1) is 0 Å². The van der Waals surface area contributed by atoms with E-state index in [0.29, 0.717) is 0 Å². The van der Waals surface area contributed by atoms with Crippen LogP contribution < -0.4 is 0 Å². The summed E-state index contributed by atoms with van der Waals surface area (Å²) < 4.78 is 14.9. The van der Waals surface area contributed by atoms with Crippen LogP contribution in [-0.4, -0.2) is 4.57 Å². The van der Waals surface area contributed by atoms with E-state index >= 15 is 0 Å². The Morgan fingerprint density at radius 1 is 0.457 bits per heavy atom. The van der Waals surface area contributed by atoms with E-state index in [4.69, 9.17) is 8.83 Å². The Morgan fingerprint density at radius 3 is 2.09 bits per heavy atom. The van der Waals surface area contributed by atoms with E-state index in [9.17, 15) is 0 Å². The Kier molecular flexibility index (Phi) is 3.66. The van der Waals surface area contributed by atoms with Crippen LogP contribution in [0.5, 0.6) is 0 Å². The highest BCUT2D eigenvalue weighted by atomic mass is 16.3. The number of fused-ring (bicyclic) bond motifs is 8. The molecule has 8 rings (SSSR count). The fraction of sp³-hybridized carbons (Fsp3) is 0. The van der Waals surface area contributed by atoms with Crippen molar-refractivity contribution < 1.29 is 8.83 Å². The molecule has 35 heavy (non-hydrogen) atoms. The molecule has 164 valence electrons. The second-order valence-electron chi connectivity index (χ2n) is 8.99. The van der Waals surface area contributed by atoms with Crippen LogP contribution in [0.1, 0.15) is 0 Å². The average Bonchev–Trinajstić information content (AvgIpc) is 3.57. The maximum absolute atomic E-state index is 6.53. The van der Waals surface area contributed by atoms with Gasteiger partial charge in [-0.2, -0.15) is 0 Å². The first-order valence-electron chi connectivity index (χ1n) is 11.8. The van der Waals surface area contributed by atoms with Crippen molar-refractivity contribution in [1.29, 1.82) is 0 Å². The van der Waals surface area contributed by atoms with Crippen LogP contribution >= 0.6 is 0 Å². The zero-order valence-electron chi connectivity index (χ0n) is 18.7. The maximum Gasteiger partial charge on any atom is 0.161 e. The van der Waals surface area contributed by atoms with Crippen molar-refractivity contribution in [2.45, 2.75) is 0 Å². The summed E-state index contributed by atoms with van der Waals surface area (Å²) in [6, 6.07) is 40.0. The Bertz CT molecular complexity index is 2050. The third-order valence-electron chi connectivity index (χ3n) is 7.00. The van der Waals surface area contributed by atoms with Gasteiger partial charge in [-0.05, 0) is 65.7 Å². The van der Waals surface area contributed by atoms with E-state index in [1.54, 1.807) is 0 Å². The summed E-state index contributed by atoms with van der Waals surface area (Å²) in [5.41, 5.74) is 9.28. The highest BCUT2D eigenvalue weighted by Gasteiger charge is 2.19. The van der Waals surface area contributed by atoms with Gasteiger partial charge in [0.15, 0.2) is 5.58 Å². The number of benzene rings is 5. The molecule has 3 heterocycles. The molecule has 0 spiro atoms. The summed E-state index contributed by atoms with van der Waals surface area (Å²) in [5.74, 6) is 0. The number of nitrogens with zero attached hydrogens (tertiary/aromatic N) is 1. The number of para-hydroxylation sites is 3. The summed E-state index contributed by atoms with van der Waals surface area (Å²) in [6.07, 6.45) is 0. The van der Waals surface area contributed by atoms with Crippen molar-refractivity contribution in [3.63, 3.8) is 0 Å². The highest BCUT2D eigenvalue weighted by Crippen LogP contribution is 2.40. The summed E-state index contributed by atoms with van der Waals surface area (Å²) in [5, 5.41) is 4.50. The van der Waals surface area contributed by atoms with Crippen LogP contribution in [0.2, 0.25) is 0 Å². The van der Waals surface area contributed by atoms with E-state index in [2.05, 4.69) is 102 Å². The fourth-order valence-corrected chi connectivity index (χ4v) is 5.40. The zero-order valence-corrected chi connectivity index (χ0v) is 18.7. The van der Waals surface area contributed by atoms with Crippen LogP contribution in [0.4, 0.5) is 0 Å². The first-order chi connectivity index (χ1) is 17.3. The van der Waals surface area contributed by atoms with Crippen LogP contribution in [0.15, 0.2) is 124 Å². The predicted molar refractivity (Wildman–Crippen MR) is 143 cm³/mol. The average molecular weight is 450 g/mol. The Labute approximate surface area is 200 Å². The van der Waals surface area contributed by atoms with Gasteiger partial charge in [-0.1, -0.05) is 60.7 Å². The van der Waals surface area contributed by atoms with E-state index < -0.39 is 0 Å². The SMILES string of the molecule is c1ccc(-n2c3ccccc3c3oc4cc(-c5ccc6oc7ccccc7c6c5)ccc4c32)cc1. The number of rotatable bonds is 2. The second-order valence-corrected chi connectivity index (χ2v) is 8.99. The number of hydrogen-bond donors (Lipinski definition) is 0. The predicted octanol–water partition coefficient (Wildman–Crippen LogP) is 9.10. The molecule has 0 atom stereocenters.